The summed E-state index contributed by atoms with van der Waals surface area (Å²) in [7, 11) is 1.61. The van der Waals surface area contributed by atoms with Crippen LogP contribution in [-0.2, 0) is 14.3 Å². The van der Waals surface area contributed by atoms with E-state index in [0.717, 1.165) is 16.7 Å². The topological polar surface area (TPSA) is 98.6 Å². The second-order valence-corrected chi connectivity index (χ2v) is 10.6. The van der Waals surface area contributed by atoms with Gasteiger partial charge in [0.1, 0.15) is 11.5 Å². The van der Waals surface area contributed by atoms with Crippen molar-refractivity contribution in [3.05, 3.63) is 102 Å². The monoisotopic (exact) mass is 586 g/mol. The van der Waals surface area contributed by atoms with E-state index >= 15 is 0 Å². The summed E-state index contributed by atoms with van der Waals surface area (Å²) in [5.74, 6) is 1.50. The Morgan fingerprint density at radius 3 is 2.53 bits per heavy atom. The molecule has 8 heteroatoms. The van der Waals surface area contributed by atoms with Crippen molar-refractivity contribution in [1.29, 1.82) is 0 Å². The summed E-state index contributed by atoms with van der Waals surface area (Å²) in [4.78, 5) is 19.2. The van der Waals surface area contributed by atoms with Gasteiger partial charge in [-0.05, 0) is 67.8 Å². The highest BCUT2D eigenvalue weighted by molar-refractivity contribution is 6.01. The summed E-state index contributed by atoms with van der Waals surface area (Å²) in [5.41, 5.74) is 1.27. The molecule has 3 aromatic rings. The number of carbonyl (C=O) groups excluding carboxylic acids is 1. The molecule has 0 saturated heterocycles. The number of aliphatic hydroxyl groups is 1. The first-order chi connectivity index (χ1) is 20.9. The lowest BCUT2D eigenvalue weighted by Gasteiger charge is -2.30. The molecule has 0 fully saturated rings. The summed E-state index contributed by atoms with van der Waals surface area (Å²) in [6.07, 6.45) is 4.95. The summed E-state index contributed by atoms with van der Waals surface area (Å²) in [6.45, 7) is 5.48. The molecule has 2 N–H and O–H groups in total. The third kappa shape index (κ3) is 8.69. The van der Waals surface area contributed by atoms with Gasteiger partial charge in [0.15, 0.2) is 11.6 Å². The molecule has 0 saturated carbocycles. The third-order valence-corrected chi connectivity index (χ3v) is 7.02. The quantitative estimate of drug-likeness (QED) is 0.208. The van der Waals surface area contributed by atoms with E-state index in [-0.39, 0.29) is 18.6 Å². The largest absolute Gasteiger partial charge is 0.497 e. The van der Waals surface area contributed by atoms with E-state index in [4.69, 9.17) is 29.0 Å². The molecular weight excluding hydrogens is 544 g/mol. The Morgan fingerprint density at radius 1 is 1.02 bits per heavy atom. The fourth-order valence-corrected chi connectivity index (χ4v) is 4.80. The Kier molecular flexibility index (Phi) is 11.8. The molecule has 4 rings (SSSR count). The molecule has 0 aromatic heterocycles. The Hall–Kier alpha value is -4.14. The number of nitrogens with zero attached hydrogens (tertiary/aromatic N) is 1. The van der Waals surface area contributed by atoms with Gasteiger partial charge in [-0.1, -0.05) is 54.6 Å². The van der Waals surface area contributed by atoms with E-state index in [1.165, 1.54) is 0 Å². The lowest BCUT2D eigenvalue weighted by atomic mass is 9.84. The smallest absolute Gasteiger partial charge is 0.252 e. The van der Waals surface area contributed by atoms with Crippen LogP contribution < -0.4 is 14.8 Å². The maximum absolute atomic E-state index is 14.2. The van der Waals surface area contributed by atoms with Crippen LogP contribution in [0, 0.1) is 0 Å². The average molecular weight is 587 g/mol. The molecule has 43 heavy (non-hydrogen) atoms. The van der Waals surface area contributed by atoms with Crippen LogP contribution in [0.2, 0.25) is 0 Å². The predicted molar refractivity (Wildman–Crippen MR) is 169 cm³/mol. The molecule has 1 aliphatic rings. The molecule has 0 spiro atoms. The molecule has 2 atom stereocenters. The third-order valence-electron chi connectivity index (χ3n) is 7.02. The normalized spacial score (nSPS) is 18.0. The zero-order valence-corrected chi connectivity index (χ0v) is 25.2. The minimum atomic E-state index is -1.28. The lowest BCUT2D eigenvalue weighted by molar-refractivity contribution is -0.128. The van der Waals surface area contributed by atoms with Crippen molar-refractivity contribution in [3.8, 4) is 11.5 Å². The van der Waals surface area contributed by atoms with Crippen molar-refractivity contribution in [2.24, 2.45) is 4.99 Å². The van der Waals surface area contributed by atoms with E-state index in [9.17, 15) is 4.79 Å². The van der Waals surface area contributed by atoms with Gasteiger partial charge in [-0.25, -0.2) is 4.99 Å². The number of amides is 1. The summed E-state index contributed by atoms with van der Waals surface area (Å²) >= 11 is 0. The highest BCUT2D eigenvalue weighted by Crippen LogP contribution is 2.43. The number of aliphatic hydroxyl groups excluding tert-OH is 1. The molecule has 8 nitrogen and oxygen atoms in total. The molecule has 3 aromatic carbocycles. The molecular formula is C35H42N2O6. The van der Waals surface area contributed by atoms with Gasteiger partial charge in [0.2, 0.25) is 5.90 Å². The first-order valence-corrected chi connectivity index (χ1v) is 14.8. The minimum absolute atomic E-state index is 0.0714. The maximum atomic E-state index is 14.2. The fraction of sp³-hybridized carbons (Fsp3) is 0.371. The molecule has 228 valence electrons. The minimum Gasteiger partial charge on any atom is -0.497 e. The van der Waals surface area contributed by atoms with Gasteiger partial charge >= 0.3 is 0 Å². The van der Waals surface area contributed by atoms with Crippen molar-refractivity contribution in [1.82, 2.24) is 5.32 Å². The van der Waals surface area contributed by atoms with Crippen molar-refractivity contribution in [2.75, 3.05) is 33.5 Å². The van der Waals surface area contributed by atoms with E-state index in [2.05, 4.69) is 5.32 Å². The van der Waals surface area contributed by atoms with Crippen LogP contribution in [0.5, 0.6) is 11.5 Å². The maximum Gasteiger partial charge on any atom is 0.252 e. The van der Waals surface area contributed by atoms with Gasteiger partial charge in [0.25, 0.3) is 5.91 Å². The van der Waals surface area contributed by atoms with Gasteiger partial charge < -0.3 is 29.4 Å². The zero-order chi connectivity index (χ0) is 30.5. The number of rotatable bonds is 16. The number of carbonyl (C=O) groups is 1. The first kappa shape index (κ1) is 31.8. The Labute approximate surface area is 254 Å². The van der Waals surface area contributed by atoms with Crippen LogP contribution in [0.25, 0.3) is 6.08 Å². The molecule has 0 aliphatic carbocycles. The van der Waals surface area contributed by atoms with Gasteiger partial charge in [-0.3, -0.25) is 4.79 Å². The number of ether oxygens (including phenoxy) is 4. The predicted octanol–water partition coefficient (Wildman–Crippen LogP) is 5.75. The molecule has 0 radical (unpaired) electrons. The van der Waals surface area contributed by atoms with Crippen LogP contribution in [0.1, 0.15) is 55.9 Å². The van der Waals surface area contributed by atoms with Gasteiger partial charge in [0.05, 0.1) is 19.8 Å². The Balaban J connectivity index is 1.69. The highest BCUT2D eigenvalue weighted by atomic mass is 16.5. The van der Waals surface area contributed by atoms with E-state index in [0.29, 0.717) is 56.4 Å². The number of hydrogen-bond acceptors (Lipinski definition) is 7. The van der Waals surface area contributed by atoms with Gasteiger partial charge in [-0.2, -0.15) is 0 Å². The van der Waals surface area contributed by atoms with Crippen molar-refractivity contribution < 1.29 is 28.8 Å². The van der Waals surface area contributed by atoms with E-state index in [1.807, 2.05) is 105 Å². The summed E-state index contributed by atoms with van der Waals surface area (Å²) in [5, 5.41) is 12.2. The van der Waals surface area contributed by atoms with Gasteiger partial charge in [-0.15, -0.1) is 0 Å². The van der Waals surface area contributed by atoms with Crippen molar-refractivity contribution in [2.45, 2.75) is 50.9 Å². The second kappa shape index (κ2) is 15.9. The zero-order valence-electron chi connectivity index (χ0n) is 25.2. The van der Waals surface area contributed by atoms with Crippen LogP contribution in [-0.4, -0.2) is 62.0 Å². The number of hydrogen-bond donors (Lipinski definition) is 2. The highest BCUT2D eigenvalue weighted by Gasteiger charge is 2.52. The summed E-state index contributed by atoms with van der Waals surface area (Å²) < 4.78 is 23.4. The standard InChI is InChI=1S/C35H42N2O6/c1-26(2)41-23-9-21-36-34(39)35(20-8-13-27-11-5-4-6-12-27)32(29-14-7-15-31(25-29)40-3)43-33(37-35)28-16-18-30(19-17-28)42-24-10-22-38/h4-8,11-19,25-26,32,38H,9-10,20-24H2,1-3H3,(H,36,39)/b13-8+/t32-,35-/m1/s1. The lowest BCUT2D eigenvalue weighted by Crippen LogP contribution is -2.48. The average Bonchev–Trinajstić information content (AvgIpc) is 3.42. The molecule has 1 aliphatic heterocycles. The number of benzene rings is 3. The van der Waals surface area contributed by atoms with E-state index < -0.39 is 11.6 Å². The van der Waals surface area contributed by atoms with E-state index in [1.54, 1.807) is 7.11 Å². The Bertz CT molecular complexity index is 1360. The first-order valence-electron chi connectivity index (χ1n) is 14.8. The van der Waals surface area contributed by atoms with Crippen LogP contribution in [0.3, 0.4) is 0 Å². The second-order valence-electron chi connectivity index (χ2n) is 10.6. The molecule has 0 bridgehead atoms. The van der Waals surface area contributed by atoms with Crippen molar-refractivity contribution in [3.63, 3.8) is 0 Å². The number of methoxy groups -OCH3 is 1. The van der Waals surface area contributed by atoms with Crippen molar-refractivity contribution >= 4 is 17.9 Å². The fourth-order valence-electron chi connectivity index (χ4n) is 4.80. The van der Waals surface area contributed by atoms with Crippen LogP contribution in [0.15, 0.2) is 89.9 Å². The van der Waals surface area contributed by atoms with Crippen LogP contribution >= 0.6 is 0 Å². The molecule has 1 amide bonds. The number of aliphatic imine (C=N–C) groups is 1. The molecule has 1 heterocycles. The van der Waals surface area contributed by atoms with Gasteiger partial charge in [0, 0.05) is 38.2 Å². The molecule has 0 unspecified atom stereocenters. The summed E-state index contributed by atoms with van der Waals surface area (Å²) in [6, 6.07) is 24.9. The number of nitrogens with one attached hydrogen (secondary N) is 1. The Morgan fingerprint density at radius 2 is 1.81 bits per heavy atom. The van der Waals surface area contributed by atoms with Crippen LogP contribution in [0.4, 0.5) is 0 Å². The SMILES string of the molecule is COc1cccc([C@H]2OC(c3ccc(OCCCO)cc3)=N[C@@]2(C/C=C/c2ccccc2)C(=O)NCCCOC(C)C)c1.